The molecule has 1 nitrogen and oxygen atoms in total. The molecule has 2 aromatic rings. The zero-order chi connectivity index (χ0) is 12.1. The van der Waals surface area contributed by atoms with E-state index in [-0.39, 0.29) is 0 Å². The molecule has 0 N–H and O–H groups in total. The maximum absolute atomic E-state index is 11.1. The molecule has 0 radical (unpaired) electrons. The molecule has 84 valence electrons. The zero-order valence-electron chi connectivity index (χ0n) is 9.76. The van der Waals surface area contributed by atoms with Crippen LogP contribution >= 0.6 is 0 Å². The first-order valence-electron chi connectivity index (χ1n) is 5.58. The van der Waals surface area contributed by atoms with Gasteiger partial charge in [0, 0.05) is 5.57 Å². The van der Waals surface area contributed by atoms with Crippen molar-refractivity contribution >= 4 is 17.9 Å². The number of aldehydes is 1. The Morgan fingerprint density at radius 3 is 2.18 bits per heavy atom. The topological polar surface area (TPSA) is 17.1 Å². The summed E-state index contributed by atoms with van der Waals surface area (Å²) in [6, 6.07) is 17.8. The minimum atomic E-state index is 0.705. The number of allylic oxidation sites excluding steroid dienone is 1. The lowest BCUT2D eigenvalue weighted by Crippen LogP contribution is -1.86. The third-order valence-corrected chi connectivity index (χ3v) is 2.63. The maximum Gasteiger partial charge on any atom is 0.150 e. The summed E-state index contributed by atoms with van der Waals surface area (Å²) in [6.45, 7) is 2.03. The molecule has 0 spiro atoms. The Morgan fingerprint density at radius 2 is 1.59 bits per heavy atom. The van der Waals surface area contributed by atoms with Gasteiger partial charge in [0.2, 0.25) is 0 Å². The van der Waals surface area contributed by atoms with Crippen molar-refractivity contribution in [2.75, 3.05) is 0 Å². The van der Waals surface area contributed by atoms with E-state index in [0.29, 0.717) is 5.57 Å². The summed E-state index contributed by atoms with van der Waals surface area (Å²) >= 11 is 0. The van der Waals surface area contributed by atoms with Crippen LogP contribution in [0, 0.1) is 6.92 Å². The monoisotopic (exact) mass is 222 g/mol. The average Bonchev–Trinajstić information content (AvgIpc) is 2.38. The van der Waals surface area contributed by atoms with Crippen LogP contribution in [0.25, 0.3) is 11.6 Å². The first-order valence-corrected chi connectivity index (χ1v) is 5.58. The van der Waals surface area contributed by atoms with Crippen molar-refractivity contribution in [3.63, 3.8) is 0 Å². The first kappa shape index (κ1) is 11.3. The van der Waals surface area contributed by atoms with Crippen LogP contribution in [0.15, 0.2) is 54.6 Å². The molecule has 0 saturated heterocycles. The van der Waals surface area contributed by atoms with Gasteiger partial charge in [-0.05, 0) is 24.1 Å². The lowest BCUT2D eigenvalue weighted by molar-refractivity contribution is -0.103. The van der Waals surface area contributed by atoms with Gasteiger partial charge < -0.3 is 0 Å². The molecular weight excluding hydrogens is 208 g/mol. The summed E-state index contributed by atoms with van der Waals surface area (Å²) in [7, 11) is 0. The lowest BCUT2D eigenvalue weighted by atomic mass is 10.0. The fourth-order valence-corrected chi connectivity index (χ4v) is 1.66. The third kappa shape index (κ3) is 2.91. The van der Waals surface area contributed by atoms with Crippen LogP contribution in [-0.4, -0.2) is 6.29 Å². The standard InChI is InChI=1S/C16H14O/c1-13-7-9-15(10-8-13)16(12-17)11-14-5-3-2-4-6-14/h2-12H,1H3/b16-11-. The summed E-state index contributed by atoms with van der Waals surface area (Å²) in [5.41, 5.74) is 3.89. The van der Waals surface area contributed by atoms with Gasteiger partial charge in [0.05, 0.1) is 0 Å². The summed E-state index contributed by atoms with van der Waals surface area (Å²) in [6.07, 6.45) is 2.80. The second kappa shape index (κ2) is 5.26. The molecule has 0 amide bonds. The molecule has 17 heavy (non-hydrogen) atoms. The molecule has 0 atom stereocenters. The molecule has 0 unspecified atom stereocenters. The van der Waals surface area contributed by atoms with E-state index in [0.717, 1.165) is 17.4 Å². The number of hydrogen-bond acceptors (Lipinski definition) is 1. The second-order valence-electron chi connectivity index (χ2n) is 3.99. The van der Waals surface area contributed by atoms with E-state index in [1.54, 1.807) is 0 Å². The Morgan fingerprint density at radius 1 is 0.941 bits per heavy atom. The molecule has 0 saturated carbocycles. The Bertz CT molecular complexity index is 521. The van der Waals surface area contributed by atoms with Crippen molar-refractivity contribution in [3.05, 3.63) is 71.3 Å². The van der Waals surface area contributed by atoms with E-state index in [4.69, 9.17) is 0 Å². The zero-order valence-corrected chi connectivity index (χ0v) is 9.76. The van der Waals surface area contributed by atoms with Crippen LogP contribution < -0.4 is 0 Å². The molecule has 0 fully saturated rings. The van der Waals surface area contributed by atoms with Crippen LogP contribution in [0.3, 0.4) is 0 Å². The van der Waals surface area contributed by atoms with Crippen molar-refractivity contribution < 1.29 is 4.79 Å². The Labute approximate surface area is 101 Å². The number of carbonyl (C=O) groups is 1. The van der Waals surface area contributed by atoms with Gasteiger partial charge in [-0.15, -0.1) is 0 Å². The smallest absolute Gasteiger partial charge is 0.150 e. The SMILES string of the molecule is Cc1ccc(/C(C=O)=C\c2ccccc2)cc1. The molecule has 0 heterocycles. The van der Waals surface area contributed by atoms with Crippen molar-refractivity contribution in [2.45, 2.75) is 6.92 Å². The van der Waals surface area contributed by atoms with Crippen LogP contribution in [0.1, 0.15) is 16.7 Å². The summed E-state index contributed by atoms with van der Waals surface area (Å²) in [5, 5.41) is 0. The molecule has 0 aliphatic carbocycles. The summed E-state index contributed by atoms with van der Waals surface area (Å²) < 4.78 is 0. The highest BCUT2D eigenvalue weighted by molar-refractivity contribution is 6.13. The van der Waals surface area contributed by atoms with E-state index in [1.165, 1.54) is 5.56 Å². The van der Waals surface area contributed by atoms with Gasteiger partial charge in [-0.1, -0.05) is 60.2 Å². The average molecular weight is 222 g/mol. The van der Waals surface area contributed by atoms with Crippen molar-refractivity contribution in [1.82, 2.24) is 0 Å². The van der Waals surface area contributed by atoms with E-state index < -0.39 is 0 Å². The minimum absolute atomic E-state index is 0.705. The molecule has 2 aromatic carbocycles. The number of benzene rings is 2. The van der Waals surface area contributed by atoms with E-state index in [1.807, 2.05) is 67.6 Å². The Balaban J connectivity index is 2.37. The summed E-state index contributed by atoms with van der Waals surface area (Å²) in [5.74, 6) is 0. The highest BCUT2D eigenvalue weighted by Crippen LogP contribution is 2.16. The highest BCUT2D eigenvalue weighted by Gasteiger charge is 1.99. The van der Waals surface area contributed by atoms with Gasteiger partial charge in [0.25, 0.3) is 0 Å². The van der Waals surface area contributed by atoms with Gasteiger partial charge in [-0.25, -0.2) is 0 Å². The second-order valence-corrected chi connectivity index (χ2v) is 3.99. The number of aryl methyl sites for hydroxylation is 1. The third-order valence-electron chi connectivity index (χ3n) is 2.63. The van der Waals surface area contributed by atoms with Crippen LogP contribution in [-0.2, 0) is 4.79 Å². The van der Waals surface area contributed by atoms with Crippen molar-refractivity contribution in [2.24, 2.45) is 0 Å². The molecule has 0 aromatic heterocycles. The summed E-state index contributed by atoms with van der Waals surface area (Å²) in [4.78, 5) is 11.1. The molecule has 1 heteroatoms. The Kier molecular flexibility index (Phi) is 3.51. The maximum atomic E-state index is 11.1. The predicted molar refractivity (Wildman–Crippen MR) is 71.6 cm³/mol. The quantitative estimate of drug-likeness (QED) is 0.439. The van der Waals surface area contributed by atoms with Crippen molar-refractivity contribution in [1.29, 1.82) is 0 Å². The normalized spacial score (nSPS) is 11.2. The van der Waals surface area contributed by atoms with E-state index in [9.17, 15) is 4.79 Å². The van der Waals surface area contributed by atoms with Crippen LogP contribution in [0.4, 0.5) is 0 Å². The van der Waals surface area contributed by atoms with Gasteiger partial charge in [0.1, 0.15) is 0 Å². The van der Waals surface area contributed by atoms with Crippen molar-refractivity contribution in [3.8, 4) is 0 Å². The number of hydrogen-bond donors (Lipinski definition) is 0. The molecule has 2 rings (SSSR count). The molecule has 0 aliphatic rings. The largest absolute Gasteiger partial charge is 0.298 e. The highest BCUT2D eigenvalue weighted by atomic mass is 16.1. The predicted octanol–water partition coefficient (Wildman–Crippen LogP) is 3.73. The van der Waals surface area contributed by atoms with Crippen LogP contribution in [0.5, 0.6) is 0 Å². The first-order chi connectivity index (χ1) is 8.29. The molecule has 0 aliphatic heterocycles. The van der Waals surface area contributed by atoms with E-state index in [2.05, 4.69) is 0 Å². The Hall–Kier alpha value is -2.15. The van der Waals surface area contributed by atoms with Crippen LogP contribution in [0.2, 0.25) is 0 Å². The number of rotatable bonds is 3. The number of carbonyl (C=O) groups excluding carboxylic acids is 1. The molecular formula is C16H14O. The molecule has 0 bridgehead atoms. The van der Waals surface area contributed by atoms with Gasteiger partial charge in [0.15, 0.2) is 6.29 Å². The fourth-order valence-electron chi connectivity index (χ4n) is 1.66. The van der Waals surface area contributed by atoms with Gasteiger partial charge in [-0.2, -0.15) is 0 Å². The van der Waals surface area contributed by atoms with E-state index >= 15 is 0 Å². The minimum Gasteiger partial charge on any atom is -0.298 e. The lowest BCUT2D eigenvalue weighted by Gasteiger charge is -2.01. The fraction of sp³-hybridized carbons (Fsp3) is 0.0625. The van der Waals surface area contributed by atoms with Gasteiger partial charge >= 0.3 is 0 Å². The van der Waals surface area contributed by atoms with Gasteiger partial charge in [-0.3, -0.25) is 4.79 Å².